The first-order chi connectivity index (χ1) is 9.97. The Hall–Kier alpha value is -2.40. The summed E-state index contributed by atoms with van der Waals surface area (Å²) in [7, 11) is 0. The third-order valence-electron chi connectivity index (χ3n) is 3.13. The van der Waals surface area contributed by atoms with Crippen LogP contribution in [0, 0.1) is 10.1 Å². The predicted octanol–water partition coefficient (Wildman–Crippen LogP) is 3.66. The number of carbonyl (C=O) groups is 1. The average molecular weight is 306 g/mol. The molecule has 0 bridgehead atoms. The fraction of sp³-hybridized carbons (Fsp3) is 0.133. The van der Waals surface area contributed by atoms with E-state index in [1.165, 1.54) is 24.3 Å². The number of rotatable bonds is 5. The molecule has 0 saturated heterocycles. The molecule has 0 amide bonds. The van der Waals surface area contributed by atoms with E-state index in [2.05, 4.69) is 0 Å². The molecule has 0 aliphatic heterocycles. The number of nitro benzene ring substituents is 1. The molecule has 0 unspecified atom stereocenters. The summed E-state index contributed by atoms with van der Waals surface area (Å²) < 4.78 is 0. The van der Waals surface area contributed by atoms with Crippen molar-refractivity contribution in [3.8, 4) is 0 Å². The summed E-state index contributed by atoms with van der Waals surface area (Å²) in [4.78, 5) is 21.5. The summed E-state index contributed by atoms with van der Waals surface area (Å²) in [5.74, 6) is -1.76. The van der Waals surface area contributed by atoms with Crippen molar-refractivity contribution in [2.75, 3.05) is 0 Å². The highest BCUT2D eigenvalue weighted by atomic mass is 35.5. The van der Waals surface area contributed by atoms with Gasteiger partial charge in [-0.2, -0.15) is 0 Å². The maximum absolute atomic E-state index is 11.4. The highest BCUT2D eigenvalue weighted by Crippen LogP contribution is 2.24. The number of non-ortho nitro benzene ring substituents is 1. The van der Waals surface area contributed by atoms with E-state index >= 15 is 0 Å². The van der Waals surface area contributed by atoms with Gasteiger partial charge in [0.1, 0.15) is 0 Å². The molecule has 6 heteroatoms. The van der Waals surface area contributed by atoms with Crippen molar-refractivity contribution >= 4 is 23.3 Å². The van der Waals surface area contributed by atoms with Crippen LogP contribution in [0.5, 0.6) is 0 Å². The molecule has 0 radical (unpaired) electrons. The largest absolute Gasteiger partial charge is 0.481 e. The molecule has 1 atom stereocenters. The molecule has 0 aliphatic carbocycles. The van der Waals surface area contributed by atoms with Gasteiger partial charge in [0, 0.05) is 17.2 Å². The number of carboxylic acids is 1. The van der Waals surface area contributed by atoms with Gasteiger partial charge >= 0.3 is 5.97 Å². The van der Waals surface area contributed by atoms with Crippen molar-refractivity contribution in [3.63, 3.8) is 0 Å². The number of benzene rings is 2. The van der Waals surface area contributed by atoms with E-state index in [0.717, 1.165) is 5.56 Å². The third-order valence-corrected chi connectivity index (χ3v) is 3.37. The van der Waals surface area contributed by atoms with Crippen molar-refractivity contribution in [3.05, 3.63) is 74.8 Å². The fourth-order valence-corrected chi connectivity index (χ4v) is 2.29. The van der Waals surface area contributed by atoms with Crippen LogP contribution in [0.1, 0.15) is 17.0 Å². The molecule has 0 saturated carbocycles. The van der Waals surface area contributed by atoms with Gasteiger partial charge in [0.15, 0.2) is 0 Å². The molecule has 2 aromatic carbocycles. The van der Waals surface area contributed by atoms with E-state index in [1.54, 1.807) is 24.3 Å². The van der Waals surface area contributed by atoms with Gasteiger partial charge in [-0.15, -0.1) is 0 Å². The van der Waals surface area contributed by atoms with Gasteiger partial charge in [-0.25, -0.2) is 0 Å². The maximum Gasteiger partial charge on any atom is 0.311 e. The first kappa shape index (κ1) is 15.0. The monoisotopic (exact) mass is 305 g/mol. The molecular formula is C15H12ClNO4. The maximum atomic E-state index is 11.4. The number of carboxylic acid groups (broad SMARTS) is 1. The zero-order valence-electron chi connectivity index (χ0n) is 10.9. The summed E-state index contributed by atoms with van der Waals surface area (Å²) in [5, 5.41) is 20.5. The van der Waals surface area contributed by atoms with Crippen molar-refractivity contribution in [1.29, 1.82) is 0 Å². The quantitative estimate of drug-likeness (QED) is 0.675. The van der Waals surface area contributed by atoms with E-state index in [9.17, 15) is 20.0 Å². The van der Waals surface area contributed by atoms with Crippen LogP contribution in [0.15, 0.2) is 48.5 Å². The van der Waals surface area contributed by atoms with Crippen LogP contribution in [0.3, 0.4) is 0 Å². The second-order valence-electron chi connectivity index (χ2n) is 4.57. The van der Waals surface area contributed by atoms with Gasteiger partial charge in [-0.3, -0.25) is 14.9 Å². The Morgan fingerprint density at radius 1 is 1.24 bits per heavy atom. The minimum absolute atomic E-state index is 0.0642. The zero-order chi connectivity index (χ0) is 15.4. The van der Waals surface area contributed by atoms with Crippen LogP contribution < -0.4 is 0 Å². The predicted molar refractivity (Wildman–Crippen MR) is 78.6 cm³/mol. The van der Waals surface area contributed by atoms with Crippen LogP contribution in [0.2, 0.25) is 5.02 Å². The van der Waals surface area contributed by atoms with Crippen LogP contribution in [-0.4, -0.2) is 16.0 Å². The van der Waals surface area contributed by atoms with Crippen LogP contribution >= 0.6 is 11.6 Å². The summed E-state index contributed by atoms with van der Waals surface area (Å²) >= 11 is 5.89. The summed E-state index contributed by atoms with van der Waals surface area (Å²) in [5.41, 5.74) is 1.26. The fourth-order valence-electron chi connectivity index (χ4n) is 2.08. The molecule has 21 heavy (non-hydrogen) atoms. The van der Waals surface area contributed by atoms with E-state index in [-0.39, 0.29) is 12.1 Å². The number of hydrogen-bond acceptors (Lipinski definition) is 3. The van der Waals surface area contributed by atoms with Gasteiger partial charge in [0.25, 0.3) is 5.69 Å². The lowest BCUT2D eigenvalue weighted by Gasteiger charge is -2.13. The minimum atomic E-state index is -0.983. The molecule has 1 N–H and O–H groups in total. The Morgan fingerprint density at radius 3 is 2.43 bits per heavy atom. The number of halogens is 1. The Kier molecular flexibility index (Phi) is 4.55. The Morgan fingerprint density at radius 2 is 1.90 bits per heavy atom. The number of aliphatic carboxylic acids is 1. The third kappa shape index (κ3) is 3.79. The normalized spacial score (nSPS) is 11.9. The van der Waals surface area contributed by atoms with Crippen molar-refractivity contribution in [2.45, 2.75) is 12.3 Å². The number of hydrogen-bond donors (Lipinski definition) is 1. The van der Waals surface area contributed by atoms with Crippen molar-refractivity contribution in [1.82, 2.24) is 0 Å². The second kappa shape index (κ2) is 6.37. The molecular weight excluding hydrogens is 294 g/mol. The molecule has 0 spiro atoms. The average Bonchev–Trinajstić information content (AvgIpc) is 2.44. The zero-order valence-corrected chi connectivity index (χ0v) is 11.7. The first-order valence-electron chi connectivity index (χ1n) is 6.19. The van der Waals surface area contributed by atoms with E-state index in [4.69, 9.17) is 11.6 Å². The van der Waals surface area contributed by atoms with Crippen molar-refractivity contribution in [2.24, 2.45) is 0 Å². The van der Waals surface area contributed by atoms with Gasteiger partial charge < -0.3 is 5.11 Å². The smallest absolute Gasteiger partial charge is 0.311 e. The van der Waals surface area contributed by atoms with Crippen LogP contribution in [0.4, 0.5) is 5.69 Å². The lowest BCUT2D eigenvalue weighted by Crippen LogP contribution is -2.14. The SMILES string of the molecule is O=C(O)[C@H](Cc1cccc(Cl)c1)c1ccc([N+](=O)[O-])cc1. The van der Waals surface area contributed by atoms with Gasteiger partial charge in [-0.1, -0.05) is 35.9 Å². The summed E-state index contributed by atoms with van der Waals surface area (Å²) in [6.45, 7) is 0. The molecule has 108 valence electrons. The second-order valence-corrected chi connectivity index (χ2v) is 5.01. The lowest BCUT2D eigenvalue weighted by molar-refractivity contribution is -0.384. The molecule has 2 rings (SSSR count). The van der Waals surface area contributed by atoms with E-state index in [1.807, 2.05) is 0 Å². The van der Waals surface area contributed by atoms with Crippen LogP contribution in [-0.2, 0) is 11.2 Å². The van der Waals surface area contributed by atoms with E-state index in [0.29, 0.717) is 10.6 Å². The van der Waals surface area contributed by atoms with Gasteiger partial charge in [0.05, 0.1) is 10.8 Å². The molecule has 0 fully saturated rings. The van der Waals surface area contributed by atoms with Gasteiger partial charge in [0.2, 0.25) is 0 Å². The molecule has 0 aromatic heterocycles. The molecule has 0 aliphatic rings. The molecule has 2 aromatic rings. The minimum Gasteiger partial charge on any atom is -0.481 e. The Bertz CT molecular complexity index is 670. The highest BCUT2D eigenvalue weighted by Gasteiger charge is 2.21. The highest BCUT2D eigenvalue weighted by molar-refractivity contribution is 6.30. The number of nitro groups is 1. The number of nitrogens with zero attached hydrogens (tertiary/aromatic N) is 1. The lowest BCUT2D eigenvalue weighted by atomic mass is 9.92. The van der Waals surface area contributed by atoms with Crippen molar-refractivity contribution < 1.29 is 14.8 Å². The summed E-state index contributed by atoms with van der Waals surface area (Å²) in [6.07, 6.45) is 0.272. The Labute approximate surface area is 125 Å². The van der Waals surface area contributed by atoms with E-state index < -0.39 is 16.8 Å². The molecule has 0 heterocycles. The topological polar surface area (TPSA) is 80.4 Å². The molecule has 5 nitrogen and oxygen atoms in total. The van der Waals surface area contributed by atoms with Crippen LogP contribution in [0.25, 0.3) is 0 Å². The standard InChI is InChI=1S/C15H12ClNO4/c16-12-3-1-2-10(8-12)9-14(15(18)19)11-4-6-13(7-5-11)17(20)21/h1-8,14H,9H2,(H,18,19)/t14-/m1/s1. The van der Waals surface area contributed by atoms with Gasteiger partial charge in [-0.05, 0) is 29.7 Å². The summed E-state index contributed by atoms with van der Waals surface area (Å²) in [6, 6.07) is 12.5. The Balaban J connectivity index is 2.26. The first-order valence-corrected chi connectivity index (χ1v) is 6.57.